The molecule has 0 aromatic heterocycles. The number of rotatable bonds is 5. The van der Waals surface area contributed by atoms with Gasteiger partial charge in [-0.3, -0.25) is 4.79 Å². The van der Waals surface area contributed by atoms with Crippen LogP contribution in [0.15, 0.2) is 30.3 Å². The van der Waals surface area contributed by atoms with Gasteiger partial charge in [-0.05, 0) is 12.0 Å². The third-order valence-electron chi connectivity index (χ3n) is 3.23. The molecule has 98 valence electrons. The van der Waals surface area contributed by atoms with Crippen LogP contribution in [-0.4, -0.2) is 31.7 Å². The highest BCUT2D eigenvalue weighted by molar-refractivity contribution is 5.81. The van der Waals surface area contributed by atoms with Gasteiger partial charge in [0.15, 0.2) is 0 Å². The second-order valence-electron chi connectivity index (χ2n) is 5.32. The summed E-state index contributed by atoms with van der Waals surface area (Å²) in [4.78, 5) is 11.9. The lowest BCUT2D eigenvalue weighted by atomic mass is 9.88. The van der Waals surface area contributed by atoms with Crippen molar-refractivity contribution in [2.75, 3.05) is 19.8 Å². The number of amides is 1. The molecule has 0 saturated carbocycles. The molecule has 1 heterocycles. The Balaban J connectivity index is 1.78. The molecule has 1 atom stereocenters. The fourth-order valence-corrected chi connectivity index (χ4v) is 1.94. The third kappa shape index (κ3) is 3.31. The molecule has 4 nitrogen and oxygen atoms in total. The van der Waals surface area contributed by atoms with Crippen molar-refractivity contribution in [2.45, 2.75) is 19.4 Å². The van der Waals surface area contributed by atoms with E-state index in [9.17, 15) is 4.79 Å². The molecule has 1 aromatic carbocycles. The highest BCUT2D eigenvalue weighted by Crippen LogP contribution is 2.24. The van der Waals surface area contributed by atoms with Gasteiger partial charge in [-0.1, -0.05) is 37.3 Å². The first-order valence-electron chi connectivity index (χ1n) is 6.24. The molecule has 3 N–H and O–H groups in total. The predicted octanol–water partition coefficient (Wildman–Crippen LogP) is 0.709. The number of carbonyl (C=O) groups is 1. The topological polar surface area (TPSA) is 64.4 Å². The number of hydrogen-bond donors (Lipinski definition) is 2. The van der Waals surface area contributed by atoms with Gasteiger partial charge in [-0.15, -0.1) is 0 Å². The Hall–Kier alpha value is -1.39. The molecule has 1 aliphatic rings. The Morgan fingerprint density at radius 1 is 1.44 bits per heavy atom. The van der Waals surface area contributed by atoms with Gasteiger partial charge in [0.2, 0.25) is 5.91 Å². The van der Waals surface area contributed by atoms with Gasteiger partial charge < -0.3 is 15.8 Å². The van der Waals surface area contributed by atoms with Crippen molar-refractivity contribution in [1.29, 1.82) is 0 Å². The van der Waals surface area contributed by atoms with E-state index < -0.39 is 6.04 Å². The molecule has 1 aliphatic heterocycles. The summed E-state index contributed by atoms with van der Waals surface area (Å²) >= 11 is 0. The lowest BCUT2D eigenvalue weighted by molar-refractivity contribution is -0.127. The van der Waals surface area contributed by atoms with Gasteiger partial charge in [0.05, 0.1) is 19.3 Å². The maximum absolute atomic E-state index is 11.9. The molecular formula is C14H20N2O2. The molecule has 0 aliphatic carbocycles. The van der Waals surface area contributed by atoms with Crippen LogP contribution in [0.25, 0.3) is 0 Å². The lowest BCUT2D eigenvalue weighted by Gasteiger charge is -2.38. The van der Waals surface area contributed by atoms with Crippen molar-refractivity contribution < 1.29 is 9.53 Å². The van der Waals surface area contributed by atoms with Crippen LogP contribution < -0.4 is 11.1 Å². The van der Waals surface area contributed by atoms with Crippen molar-refractivity contribution in [1.82, 2.24) is 5.32 Å². The molecular weight excluding hydrogens is 228 g/mol. The standard InChI is InChI=1S/C14H20N2O2/c1-14(9-18-10-14)8-16-13(17)12(15)7-11-5-3-2-4-6-11/h2-6,12H,7-10,15H2,1H3,(H,16,17). The second-order valence-corrected chi connectivity index (χ2v) is 5.32. The van der Waals surface area contributed by atoms with E-state index in [-0.39, 0.29) is 11.3 Å². The average Bonchev–Trinajstić information content (AvgIpc) is 2.34. The highest BCUT2D eigenvalue weighted by atomic mass is 16.5. The zero-order valence-electron chi connectivity index (χ0n) is 10.7. The summed E-state index contributed by atoms with van der Waals surface area (Å²) in [5.74, 6) is -0.0908. The summed E-state index contributed by atoms with van der Waals surface area (Å²) in [6.07, 6.45) is 0.569. The number of benzene rings is 1. The van der Waals surface area contributed by atoms with Gasteiger partial charge in [0.25, 0.3) is 0 Å². The van der Waals surface area contributed by atoms with E-state index in [1.54, 1.807) is 0 Å². The first-order valence-corrected chi connectivity index (χ1v) is 6.24. The molecule has 0 bridgehead atoms. The normalized spacial score (nSPS) is 18.8. The Morgan fingerprint density at radius 2 is 2.11 bits per heavy atom. The van der Waals surface area contributed by atoms with E-state index in [1.165, 1.54) is 0 Å². The van der Waals surface area contributed by atoms with Crippen LogP contribution in [0.5, 0.6) is 0 Å². The molecule has 1 fully saturated rings. The van der Waals surface area contributed by atoms with E-state index in [1.807, 2.05) is 30.3 Å². The first kappa shape index (κ1) is 13.1. The Kier molecular flexibility index (Phi) is 3.99. The van der Waals surface area contributed by atoms with E-state index in [0.29, 0.717) is 26.2 Å². The lowest BCUT2D eigenvalue weighted by Crippen LogP contribution is -2.51. The Morgan fingerprint density at radius 3 is 2.67 bits per heavy atom. The fourth-order valence-electron chi connectivity index (χ4n) is 1.94. The Bertz CT molecular complexity index is 402. The fraction of sp³-hybridized carbons (Fsp3) is 0.500. The van der Waals surface area contributed by atoms with Crippen LogP contribution in [0.3, 0.4) is 0 Å². The minimum atomic E-state index is -0.489. The van der Waals surface area contributed by atoms with Crippen LogP contribution in [0, 0.1) is 5.41 Å². The molecule has 1 saturated heterocycles. The summed E-state index contributed by atoms with van der Waals surface area (Å²) in [7, 11) is 0. The zero-order chi connectivity index (χ0) is 13.0. The summed E-state index contributed by atoms with van der Waals surface area (Å²) in [5.41, 5.74) is 7.06. The number of nitrogens with two attached hydrogens (primary N) is 1. The van der Waals surface area contributed by atoms with Crippen molar-refractivity contribution in [2.24, 2.45) is 11.1 Å². The molecule has 2 rings (SSSR count). The summed E-state index contributed by atoms with van der Waals surface area (Å²) in [6, 6.07) is 9.32. The van der Waals surface area contributed by atoms with Gasteiger partial charge >= 0.3 is 0 Å². The van der Waals surface area contributed by atoms with Crippen LogP contribution in [0.4, 0.5) is 0 Å². The maximum atomic E-state index is 11.9. The smallest absolute Gasteiger partial charge is 0.237 e. The van der Waals surface area contributed by atoms with Crippen molar-refractivity contribution in [3.63, 3.8) is 0 Å². The minimum Gasteiger partial charge on any atom is -0.380 e. The van der Waals surface area contributed by atoms with E-state index in [0.717, 1.165) is 5.56 Å². The molecule has 1 unspecified atom stereocenters. The number of nitrogens with one attached hydrogen (secondary N) is 1. The van der Waals surface area contributed by atoms with Crippen molar-refractivity contribution in [3.8, 4) is 0 Å². The first-order chi connectivity index (χ1) is 8.59. The van der Waals surface area contributed by atoms with Crippen molar-refractivity contribution >= 4 is 5.91 Å². The third-order valence-corrected chi connectivity index (χ3v) is 3.23. The van der Waals surface area contributed by atoms with Crippen LogP contribution in [0.2, 0.25) is 0 Å². The number of carbonyl (C=O) groups excluding carboxylic acids is 1. The van der Waals surface area contributed by atoms with Gasteiger partial charge in [-0.2, -0.15) is 0 Å². The quantitative estimate of drug-likeness (QED) is 0.806. The zero-order valence-corrected chi connectivity index (χ0v) is 10.7. The SMILES string of the molecule is CC1(CNC(=O)C(N)Cc2ccccc2)COC1. The minimum absolute atomic E-state index is 0.0854. The van der Waals surface area contributed by atoms with Crippen LogP contribution in [0.1, 0.15) is 12.5 Å². The molecule has 1 amide bonds. The van der Waals surface area contributed by atoms with Crippen LogP contribution >= 0.6 is 0 Å². The van der Waals surface area contributed by atoms with E-state index in [4.69, 9.17) is 10.5 Å². The molecule has 0 spiro atoms. The van der Waals surface area contributed by atoms with Gasteiger partial charge in [-0.25, -0.2) is 0 Å². The van der Waals surface area contributed by atoms with E-state index in [2.05, 4.69) is 12.2 Å². The largest absolute Gasteiger partial charge is 0.380 e. The summed E-state index contributed by atoms with van der Waals surface area (Å²) < 4.78 is 5.14. The van der Waals surface area contributed by atoms with Gasteiger partial charge in [0.1, 0.15) is 0 Å². The number of hydrogen-bond acceptors (Lipinski definition) is 3. The second kappa shape index (κ2) is 5.50. The average molecular weight is 248 g/mol. The Labute approximate surface area is 108 Å². The predicted molar refractivity (Wildman–Crippen MR) is 70.1 cm³/mol. The van der Waals surface area contributed by atoms with Crippen LogP contribution in [-0.2, 0) is 16.0 Å². The molecule has 18 heavy (non-hydrogen) atoms. The molecule has 0 radical (unpaired) electrons. The maximum Gasteiger partial charge on any atom is 0.237 e. The van der Waals surface area contributed by atoms with E-state index >= 15 is 0 Å². The summed E-state index contributed by atoms with van der Waals surface area (Å²) in [6.45, 7) is 4.15. The van der Waals surface area contributed by atoms with Gasteiger partial charge in [0, 0.05) is 12.0 Å². The van der Waals surface area contributed by atoms with Crippen molar-refractivity contribution in [3.05, 3.63) is 35.9 Å². The number of ether oxygens (including phenoxy) is 1. The summed E-state index contributed by atoms with van der Waals surface area (Å²) in [5, 5.41) is 2.90. The molecule has 1 aromatic rings. The highest BCUT2D eigenvalue weighted by Gasteiger charge is 2.33. The molecule has 4 heteroatoms. The monoisotopic (exact) mass is 248 g/mol.